The molecule has 3 nitrogen and oxygen atoms in total. The first kappa shape index (κ1) is 18.0. The molecule has 0 saturated carbocycles. The minimum atomic E-state index is 0.138. The molecule has 0 fully saturated rings. The van der Waals surface area contributed by atoms with Crippen LogP contribution in [0.3, 0.4) is 0 Å². The summed E-state index contributed by atoms with van der Waals surface area (Å²) in [5, 5.41) is 3.55. The molecular weight excluding hydrogens is 260 g/mol. The molecule has 0 aliphatic heterocycles. The normalized spacial score (nSPS) is 15.8. The summed E-state index contributed by atoms with van der Waals surface area (Å²) in [6, 6.07) is 8.72. The van der Waals surface area contributed by atoms with Gasteiger partial charge in [-0.3, -0.25) is 4.90 Å². The minimum absolute atomic E-state index is 0.138. The SMILES string of the molecule is CCN(CC)C(C)(CC)C(Cc1ccccc1OC)NC. The van der Waals surface area contributed by atoms with Crippen molar-refractivity contribution in [2.24, 2.45) is 0 Å². The number of benzene rings is 1. The van der Waals surface area contributed by atoms with Crippen molar-refractivity contribution >= 4 is 0 Å². The Labute approximate surface area is 130 Å². The van der Waals surface area contributed by atoms with E-state index in [0.717, 1.165) is 31.7 Å². The van der Waals surface area contributed by atoms with E-state index < -0.39 is 0 Å². The standard InChI is InChI=1S/C18H32N2O/c1-7-18(4,20(8-2)9-3)17(19-5)14-15-12-10-11-13-16(15)21-6/h10-13,17,19H,7-9,14H2,1-6H3. The summed E-state index contributed by atoms with van der Waals surface area (Å²) in [6.07, 6.45) is 2.09. The van der Waals surface area contributed by atoms with Crippen LogP contribution in [0.2, 0.25) is 0 Å². The Balaban J connectivity index is 3.05. The molecule has 0 aliphatic carbocycles. The van der Waals surface area contributed by atoms with Gasteiger partial charge in [-0.25, -0.2) is 0 Å². The van der Waals surface area contributed by atoms with E-state index in [4.69, 9.17) is 4.74 Å². The van der Waals surface area contributed by atoms with Crippen molar-refractivity contribution in [1.82, 2.24) is 10.2 Å². The van der Waals surface area contributed by atoms with Crippen molar-refractivity contribution in [3.8, 4) is 5.75 Å². The largest absolute Gasteiger partial charge is 0.496 e. The number of para-hydroxylation sites is 1. The van der Waals surface area contributed by atoms with Gasteiger partial charge in [-0.15, -0.1) is 0 Å². The smallest absolute Gasteiger partial charge is 0.122 e. The van der Waals surface area contributed by atoms with Gasteiger partial charge in [-0.1, -0.05) is 39.0 Å². The van der Waals surface area contributed by atoms with Crippen LogP contribution in [0.4, 0.5) is 0 Å². The lowest BCUT2D eigenvalue weighted by atomic mass is 9.83. The highest BCUT2D eigenvalue weighted by molar-refractivity contribution is 5.34. The van der Waals surface area contributed by atoms with E-state index in [0.29, 0.717) is 6.04 Å². The summed E-state index contributed by atoms with van der Waals surface area (Å²) < 4.78 is 5.51. The maximum atomic E-state index is 5.51. The molecule has 0 bridgehead atoms. The highest BCUT2D eigenvalue weighted by Crippen LogP contribution is 2.28. The van der Waals surface area contributed by atoms with Crippen molar-refractivity contribution in [1.29, 1.82) is 0 Å². The highest BCUT2D eigenvalue weighted by Gasteiger charge is 2.36. The third-order valence-corrected chi connectivity index (χ3v) is 4.92. The van der Waals surface area contributed by atoms with Crippen LogP contribution in [0.25, 0.3) is 0 Å². The average molecular weight is 292 g/mol. The van der Waals surface area contributed by atoms with Gasteiger partial charge in [0.1, 0.15) is 5.75 Å². The Morgan fingerprint density at radius 1 is 1.19 bits per heavy atom. The quantitative estimate of drug-likeness (QED) is 0.755. The predicted octanol–water partition coefficient (Wildman–Crippen LogP) is 3.34. The molecule has 0 saturated heterocycles. The number of nitrogens with zero attached hydrogens (tertiary/aromatic N) is 1. The van der Waals surface area contributed by atoms with Gasteiger partial charge in [0.15, 0.2) is 0 Å². The molecule has 120 valence electrons. The van der Waals surface area contributed by atoms with Gasteiger partial charge >= 0.3 is 0 Å². The summed E-state index contributed by atoms with van der Waals surface area (Å²) in [7, 11) is 3.81. The molecule has 1 N–H and O–H groups in total. The summed E-state index contributed by atoms with van der Waals surface area (Å²) in [6.45, 7) is 11.3. The molecule has 0 radical (unpaired) electrons. The van der Waals surface area contributed by atoms with Crippen LogP contribution in [0, 0.1) is 0 Å². The number of ether oxygens (including phenoxy) is 1. The fourth-order valence-electron chi connectivity index (χ4n) is 3.36. The zero-order valence-electron chi connectivity index (χ0n) is 14.6. The number of hydrogen-bond acceptors (Lipinski definition) is 3. The first-order chi connectivity index (χ1) is 10.1. The van der Waals surface area contributed by atoms with Crippen molar-refractivity contribution in [2.45, 2.75) is 52.1 Å². The summed E-state index contributed by atoms with van der Waals surface area (Å²) in [5.41, 5.74) is 1.41. The Hall–Kier alpha value is -1.06. The lowest BCUT2D eigenvalue weighted by Crippen LogP contribution is -2.59. The fraction of sp³-hybridized carbons (Fsp3) is 0.667. The van der Waals surface area contributed by atoms with E-state index in [9.17, 15) is 0 Å². The van der Waals surface area contributed by atoms with Crippen LogP contribution in [-0.4, -0.2) is 43.7 Å². The fourth-order valence-corrected chi connectivity index (χ4v) is 3.36. The van der Waals surface area contributed by atoms with E-state index >= 15 is 0 Å². The van der Waals surface area contributed by atoms with Crippen LogP contribution in [0.15, 0.2) is 24.3 Å². The maximum absolute atomic E-state index is 5.51. The topological polar surface area (TPSA) is 24.5 Å². The second-order valence-electron chi connectivity index (χ2n) is 5.74. The highest BCUT2D eigenvalue weighted by atomic mass is 16.5. The second-order valence-corrected chi connectivity index (χ2v) is 5.74. The second kappa shape index (κ2) is 8.40. The molecule has 0 aliphatic rings. The van der Waals surface area contributed by atoms with Crippen molar-refractivity contribution in [2.75, 3.05) is 27.2 Å². The minimum Gasteiger partial charge on any atom is -0.496 e. The summed E-state index contributed by atoms with van der Waals surface area (Å²) >= 11 is 0. The third-order valence-electron chi connectivity index (χ3n) is 4.92. The van der Waals surface area contributed by atoms with Crippen molar-refractivity contribution in [3.05, 3.63) is 29.8 Å². The van der Waals surface area contributed by atoms with Crippen LogP contribution >= 0.6 is 0 Å². The molecule has 1 aromatic rings. The summed E-state index contributed by atoms with van der Waals surface area (Å²) in [5.74, 6) is 0.982. The lowest BCUT2D eigenvalue weighted by molar-refractivity contribution is 0.0728. The lowest BCUT2D eigenvalue weighted by Gasteiger charge is -2.46. The molecule has 1 aromatic carbocycles. The van der Waals surface area contributed by atoms with Crippen molar-refractivity contribution in [3.63, 3.8) is 0 Å². The van der Waals surface area contributed by atoms with Crippen LogP contribution < -0.4 is 10.1 Å². The molecule has 0 aromatic heterocycles. The van der Waals surface area contributed by atoms with E-state index in [2.05, 4.69) is 57.1 Å². The van der Waals surface area contributed by atoms with E-state index in [-0.39, 0.29) is 5.54 Å². The molecule has 0 amide bonds. The van der Waals surface area contributed by atoms with Gasteiger partial charge in [-0.05, 0) is 51.5 Å². The van der Waals surface area contributed by atoms with Crippen molar-refractivity contribution < 1.29 is 4.74 Å². The zero-order chi connectivity index (χ0) is 15.9. The number of hydrogen-bond donors (Lipinski definition) is 1. The Bertz CT molecular complexity index is 417. The van der Waals surface area contributed by atoms with Crippen LogP contribution in [0.1, 0.15) is 39.7 Å². The zero-order valence-corrected chi connectivity index (χ0v) is 14.6. The Morgan fingerprint density at radius 2 is 1.81 bits per heavy atom. The average Bonchev–Trinajstić information content (AvgIpc) is 2.53. The number of methoxy groups -OCH3 is 1. The van der Waals surface area contributed by atoms with Gasteiger partial charge < -0.3 is 10.1 Å². The van der Waals surface area contributed by atoms with E-state index in [1.807, 2.05) is 12.1 Å². The van der Waals surface area contributed by atoms with Gasteiger partial charge in [0.25, 0.3) is 0 Å². The van der Waals surface area contributed by atoms with Crippen LogP contribution in [0.5, 0.6) is 5.75 Å². The van der Waals surface area contributed by atoms with Gasteiger partial charge in [-0.2, -0.15) is 0 Å². The monoisotopic (exact) mass is 292 g/mol. The molecular formula is C18H32N2O. The number of rotatable bonds is 9. The maximum Gasteiger partial charge on any atom is 0.122 e. The van der Waals surface area contributed by atoms with Crippen LogP contribution in [-0.2, 0) is 6.42 Å². The number of nitrogens with one attached hydrogen (secondary N) is 1. The van der Waals surface area contributed by atoms with Gasteiger partial charge in [0, 0.05) is 11.6 Å². The molecule has 0 spiro atoms. The molecule has 1 rings (SSSR count). The van der Waals surface area contributed by atoms with E-state index in [1.165, 1.54) is 5.56 Å². The first-order valence-electron chi connectivity index (χ1n) is 8.11. The molecule has 0 heterocycles. The molecule has 2 unspecified atom stereocenters. The Kier molecular flexibility index (Phi) is 7.20. The summed E-state index contributed by atoms with van der Waals surface area (Å²) in [4.78, 5) is 2.56. The van der Waals surface area contributed by atoms with E-state index in [1.54, 1.807) is 7.11 Å². The number of likely N-dealkylation sites (N-methyl/N-ethyl adjacent to an activating group) is 2. The Morgan fingerprint density at radius 3 is 2.29 bits per heavy atom. The molecule has 2 atom stereocenters. The third kappa shape index (κ3) is 3.98. The predicted molar refractivity (Wildman–Crippen MR) is 91.2 cm³/mol. The van der Waals surface area contributed by atoms with Gasteiger partial charge in [0.2, 0.25) is 0 Å². The molecule has 21 heavy (non-hydrogen) atoms. The first-order valence-corrected chi connectivity index (χ1v) is 8.11. The van der Waals surface area contributed by atoms with Gasteiger partial charge in [0.05, 0.1) is 7.11 Å². The molecule has 3 heteroatoms.